The summed E-state index contributed by atoms with van der Waals surface area (Å²) in [6, 6.07) is 27.0. The van der Waals surface area contributed by atoms with Crippen LogP contribution < -0.4 is 4.90 Å². The summed E-state index contributed by atoms with van der Waals surface area (Å²) in [4.78, 5) is 26.5. The van der Waals surface area contributed by atoms with Crippen molar-refractivity contribution in [3.8, 4) is 6.07 Å². The van der Waals surface area contributed by atoms with Gasteiger partial charge in [-0.3, -0.25) is 9.59 Å². The topological polar surface area (TPSA) is 105 Å². The molecular formula is C55H62Cl2N3O4+. The maximum absolute atomic E-state index is 12.2. The van der Waals surface area contributed by atoms with Crippen molar-refractivity contribution in [2.75, 3.05) is 23.9 Å². The van der Waals surface area contributed by atoms with Gasteiger partial charge in [0.15, 0.2) is 12.3 Å². The maximum Gasteiger partial charge on any atom is 0.309 e. The van der Waals surface area contributed by atoms with Crippen LogP contribution in [0.15, 0.2) is 144 Å². The second kappa shape index (κ2) is 22.5. The molecule has 2 heterocycles. The molecule has 0 bridgehead atoms. The normalized spacial score (nSPS) is 21.4. The first-order valence-electron chi connectivity index (χ1n) is 22.9. The summed E-state index contributed by atoms with van der Waals surface area (Å²) in [6.45, 7) is 7.07. The fourth-order valence-corrected chi connectivity index (χ4v) is 10.4. The number of carboxylic acid groups (broad SMARTS) is 2. The molecule has 0 radical (unpaired) electrons. The van der Waals surface area contributed by atoms with Gasteiger partial charge in [0.1, 0.15) is 6.42 Å². The first-order valence-corrected chi connectivity index (χ1v) is 23.8. The van der Waals surface area contributed by atoms with Crippen molar-refractivity contribution in [2.45, 2.75) is 103 Å². The zero-order chi connectivity index (χ0) is 45.7. The largest absolute Gasteiger partial charge is 0.481 e. The number of halogens is 2. The summed E-state index contributed by atoms with van der Waals surface area (Å²) in [7, 11) is 0. The lowest BCUT2D eigenvalue weighted by molar-refractivity contribution is -0.469. The molecule has 2 N–H and O–H groups in total. The van der Waals surface area contributed by atoms with Crippen LogP contribution in [0.5, 0.6) is 0 Å². The highest BCUT2D eigenvalue weighted by atomic mass is 35.5. The number of alkyl halides is 1. The molecule has 334 valence electrons. The maximum atomic E-state index is 12.2. The number of anilines is 1. The number of carbonyl (C=O) groups is 2. The molecule has 3 aliphatic rings. The quantitative estimate of drug-likeness (QED) is 0.0260. The summed E-state index contributed by atoms with van der Waals surface area (Å²) >= 11 is 13.1. The summed E-state index contributed by atoms with van der Waals surface area (Å²) in [5.74, 6) is -0.989. The minimum atomic E-state index is -0.901. The van der Waals surface area contributed by atoms with E-state index < -0.39 is 22.8 Å². The number of aliphatic carboxylic acids is 2. The van der Waals surface area contributed by atoms with Gasteiger partial charge in [0.25, 0.3) is 0 Å². The number of unbranched alkanes of at least 4 members (excludes halogenated alkanes) is 3. The SMILES string of the molecule is CCCCCCC1(C/C=C/CCl)C2=C(C=CC(CC)C2)[N+](CCC(=O)O)=C1/C=C/C(C#N)=C/C=C1/N(CCC(=O)O)c2ccc(Cl)cc2C1(Cc1ccccc1)Cc1ccccc1C. The molecule has 0 aromatic heterocycles. The van der Waals surface area contributed by atoms with E-state index in [0.717, 1.165) is 90.0 Å². The highest BCUT2D eigenvalue weighted by Crippen LogP contribution is 2.54. The van der Waals surface area contributed by atoms with Crippen LogP contribution in [0.4, 0.5) is 5.69 Å². The Balaban J connectivity index is 1.55. The van der Waals surface area contributed by atoms with Crippen molar-refractivity contribution in [2.24, 2.45) is 11.3 Å². The van der Waals surface area contributed by atoms with Crippen LogP contribution in [-0.2, 0) is 27.8 Å². The molecule has 0 saturated carbocycles. The summed E-state index contributed by atoms with van der Waals surface area (Å²) in [6.07, 6.45) is 25.4. The zero-order valence-corrected chi connectivity index (χ0v) is 39.1. The van der Waals surface area contributed by atoms with Crippen molar-refractivity contribution < 1.29 is 24.4 Å². The minimum absolute atomic E-state index is 0.0310. The Morgan fingerprint density at radius 3 is 2.42 bits per heavy atom. The van der Waals surface area contributed by atoms with Gasteiger partial charge < -0.3 is 15.1 Å². The van der Waals surface area contributed by atoms with Crippen LogP contribution in [0.25, 0.3) is 0 Å². The lowest BCUT2D eigenvalue weighted by Crippen LogP contribution is -2.36. The van der Waals surface area contributed by atoms with E-state index in [2.05, 4.69) is 91.0 Å². The first-order chi connectivity index (χ1) is 31.0. The molecule has 7 nitrogen and oxygen atoms in total. The van der Waals surface area contributed by atoms with E-state index in [4.69, 9.17) is 23.2 Å². The number of fused-ring (bicyclic) bond motifs is 1. The summed E-state index contributed by atoms with van der Waals surface area (Å²) in [5.41, 5.74) is 8.96. The van der Waals surface area contributed by atoms with E-state index >= 15 is 0 Å². The molecule has 0 spiro atoms. The number of nitriles is 1. The van der Waals surface area contributed by atoms with Crippen LogP contribution in [0.2, 0.25) is 5.02 Å². The van der Waals surface area contributed by atoms with Gasteiger partial charge in [-0.25, -0.2) is 0 Å². The zero-order valence-electron chi connectivity index (χ0n) is 37.5. The fourth-order valence-electron chi connectivity index (χ4n) is 10.1. The molecule has 0 saturated heterocycles. The van der Waals surface area contributed by atoms with Gasteiger partial charge in [-0.1, -0.05) is 124 Å². The van der Waals surface area contributed by atoms with Gasteiger partial charge in [0.2, 0.25) is 5.70 Å². The fraction of sp³-hybridized carbons (Fsp3) is 0.382. The van der Waals surface area contributed by atoms with E-state index in [9.17, 15) is 25.1 Å². The van der Waals surface area contributed by atoms with E-state index in [1.165, 1.54) is 5.57 Å². The van der Waals surface area contributed by atoms with Crippen molar-refractivity contribution in [3.05, 3.63) is 171 Å². The van der Waals surface area contributed by atoms with Crippen LogP contribution in [0.1, 0.15) is 100 Å². The molecule has 6 rings (SSSR count). The van der Waals surface area contributed by atoms with Crippen molar-refractivity contribution in [3.63, 3.8) is 0 Å². The predicted molar refractivity (Wildman–Crippen MR) is 261 cm³/mol. The lowest BCUT2D eigenvalue weighted by atomic mass is 9.67. The second-order valence-electron chi connectivity index (χ2n) is 17.4. The Morgan fingerprint density at radius 2 is 1.72 bits per heavy atom. The molecule has 1 aliphatic carbocycles. The molecule has 64 heavy (non-hydrogen) atoms. The average molecular weight is 900 g/mol. The third-order valence-electron chi connectivity index (χ3n) is 13.4. The van der Waals surface area contributed by atoms with E-state index in [1.54, 1.807) is 0 Å². The number of aryl methyl sites for hydroxylation is 1. The van der Waals surface area contributed by atoms with Gasteiger partial charge >= 0.3 is 11.9 Å². The third-order valence-corrected chi connectivity index (χ3v) is 13.8. The number of benzene rings is 3. The van der Waals surface area contributed by atoms with E-state index in [1.807, 2.05) is 66.8 Å². The number of carboxylic acids is 2. The molecule has 0 fully saturated rings. The number of nitrogens with zero attached hydrogens (tertiary/aromatic N) is 3. The lowest BCUT2D eigenvalue weighted by Gasteiger charge is -2.35. The smallest absolute Gasteiger partial charge is 0.309 e. The van der Waals surface area contributed by atoms with E-state index in [-0.39, 0.29) is 19.4 Å². The molecule has 3 unspecified atom stereocenters. The van der Waals surface area contributed by atoms with Crippen LogP contribution in [-0.4, -0.2) is 51.4 Å². The van der Waals surface area contributed by atoms with E-state index in [0.29, 0.717) is 48.2 Å². The van der Waals surface area contributed by atoms with Crippen LogP contribution in [0.3, 0.4) is 0 Å². The number of hydrogen-bond acceptors (Lipinski definition) is 4. The first kappa shape index (κ1) is 48.0. The second-order valence-corrected chi connectivity index (χ2v) is 18.2. The molecular weight excluding hydrogens is 838 g/mol. The van der Waals surface area contributed by atoms with Crippen LogP contribution in [0, 0.1) is 29.6 Å². The highest BCUT2D eigenvalue weighted by Gasteiger charge is 2.52. The Kier molecular flexibility index (Phi) is 16.9. The van der Waals surface area contributed by atoms with Gasteiger partial charge in [-0.05, 0) is 110 Å². The molecule has 3 aromatic carbocycles. The number of hydrogen-bond donors (Lipinski definition) is 2. The van der Waals surface area contributed by atoms with Gasteiger partial charge in [0.05, 0.1) is 23.5 Å². The Labute approximate surface area is 390 Å². The summed E-state index contributed by atoms with van der Waals surface area (Å²) in [5, 5.41) is 31.5. The number of rotatable bonds is 22. The average Bonchev–Trinajstić information content (AvgIpc) is 3.68. The molecule has 9 heteroatoms. The highest BCUT2D eigenvalue weighted by molar-refractivity contribution is 6.30. The molecule has 2 aliphatic heterocycles. The third kappa shape index (κ3) is 10.9. The van der Waals surface area contributed by atoms with Crippen molar-refractivity contribution in [1.29, 1.82) is 5.26 Å². The summed E-state index contributed by atoms with van der Waals surface area (Å²) < 4.78 is 2.20. The Morgan fingerprint density at radius 1 is 0.953 bits per heavy atom. The standard InChI is InChI=1S/C55H61Cl2N3O4/c1-4-6-7-13-30-54(31-14-15-32-56)46-35-41(5-2)20-24-48(46)59(33-28-52(61)62)50(54)26-21-43(39-58)22-27-51-55(37-42-17-9-8-10-18-42,38-44-19-12-11-16-40(44)3)47-36-45(57)23-25-49(47)60(51)34-29-53(63)64/h8-12,14-27,36,41H,4-7,13,28-35,37-38H2,1-3H3,(H-,61,62,63,64)/p+1/b15-14+. The van der Waals surface area contributed by atoms with Gasteiger partial charge in [0, 0.05) is 52.0 Å². The Hall–Kier alpha value is -5.42. The minimum Gasteiger partial charge on any atom is -0.481 e. The Bertz CT molecular complexity index is 2440. The molecule has 3 atom stereocenters. The molecule has 3 aromatic rings. The molecule has 0 amide bonds. The van der Waals surface area contributed by atoms with Gasteiger partial charge in [-0.2, -0.15) is 9.84 Å². The van der Waals surface area contributed by atoms with Crippen molar-refractivity contribution in [1.82, 2.24) is 0 Å². The number of allylic oxidation sites excluding steroid dienone is 11. The predicted octanol–water partition coefficient (Wildman–Crippen LogP) is 12.9. The monoisotopic (exact) mass is 898 g/mol. The van der Waals surface area contributed by atoms with Crippen LogP contribution >= 0.6 is 23.2 Å². The van der Waals surface area contributed by atoms with Gasteiger partial charge in [-0.15, -0.1) is 11.6 Å². The van der Waals surface area contributed by atoms with Crippen molar-refractivity contribution >= 4 is 46.5 Å².